The Balaban J connectivity index is 2.74. The standard InChI is InChI=1S/C11H16O/c1-4-10(12)9-6-5-7-11(2,3)8-9/h4,6H,1,5,7-8H2,2-3H3. The molecule has 1 rings (SSSR count). The Morgan fingerprint density at radius 1 is 1.67 bits per heavy atom. The average Bonchev–Trinajstić information content (AvgIpc) is 2.01. The van der Waals surface area contributed by atoms with Gasteiger partial charge in [-0.25, -0.2) is 0 Å². The van der Waals surface area contributed by atoms with Crippen LogP contribution in [0.4, 0.5) is 0 Å². The van der Waals surface area contributed by atoms with E-state index in [0.29, 0.717) is 5.41 Å². The second-order valence-electron chi connectivity index (χ2n) is 4.18. The number of hydrogen-bond acceptors (Lipinski definition) is 1. The van der Waals surface area contributed by atoms with Gasteiger partial charge in [-0.1, -0.05) is 26.5 Å². The van der Waals surface area contributed by atoms with Gasteiger partial charge in [0.15, 0.2) is 5.78 Å². The summed E-state index contributed by atoms with van der Waals surface area (Å²) in [6, 6.07) is 0. The van der Waals surface area contributed by atoms with E-state index in [-0.39, 0.29) is 5.78 Å². The lowest BCUT2D eigenvalue weighted by atomic mass is 9.76. The highest BCUT2D eigenvalue weighted by molar-refractivity contribution is 6.03. The zero-order chi connectivity index (χ0) is 9.19. The number of hydrogen-bond donors (Lipinski definition) is 0. The first kappa shape index (κ1) is 9.24. The van der Waals surface area contributed by atoms with Gasteiger partial charge in [-0.3, -0.25) is 4.79 Å². The Morgan fingerprint density at radius 2 is 2.33 bits per heavy atom. The summed E-state index contributed by atoms with van der Waals surface area (Å²) in [7, 11) is 0. The van der Waals surface area contributed by atoms with Crippen molar-refractivity contribution in [1.82, 2.24) is 0 Å². The minimum absolute atomic E-state index is 0.0998. The monoisotopic (exact) mass is 164 g/mol. The van der Waals surface area contributed by atoms with Crippen molar-refractivity contribution in [1.29, 1.82) is 0 Å². The quantitative estimate of drug-likeness (QED) is 0.573. The van der Waals surface area contributed by atoms with Crippen molar-refractivity contribution in [3.8, 4) is 0 Å². The molecule has 0 radical (unpaired) electrons. The smallest absolute Gasteiger partial charge is 0.180 e. The van der Waals surface area contributed by atoms with Crippen LogP contribution in [0.1, 0.15) is 33.1 Å². The van der Waals surface area contributed by atoms with E-state index in [1.54, 1.807) is 0 Å². The van der Waals surface area contributed by atoms with E-state index in [0.717, 1.165) is 18.4 Å². The van der Waals surface area contributed by atoms with Crippen LogP contribution >= 0.6 is 0 Å². The van der Waals surface area contributed by atoms with Crippen molar-refractivity contribution in [2.24, 2.45) is 5.41 Å². The van der Waals surface area contributed by atoms with Crippen LogP contribution in [0.5, 0.6) is 0 Å². The first-order valence-corrected chi connectivity index (χ1v) is 4.41. The number of carbonyl (C=O) groups is 1. The minimum Gasteiger partial charge on any atom is -0.290 e. The minimum atomic E-state index is 0.0998. The number of rotatable bonds is 2. The molecule has 0 aromatic carbocycles. The van der Waals surface area contributed by atoms with Gasteiger partial charge in [-0.15, -0.1) is 0 Å². The number of ketones is 1. The van der Waals surface area contributed by atoms with E-state index < -0.39 is 0 Å². The van der Waals surface area contributed by atoms with Crippen molar-refractivity contribution < 1.29 is 4.79 Å². The van der Waals surface area contributed by atoms with Gasteiger partial charge in [-0.2, -0.15) is 0 Å². The molecule has 1 aliphatic carbocycles. The third-order valence-electron chi connectivity index (χ3n) is 2.38. The molecule has 0 saturated carbocycles. The highest BCUT2D eigenvalue weighted by Crippen LogP contribution is 2.35. The van der Waals surface area contributed by atoms with E-state index in [2.05, 4.69) is 26.5 Å². The Morgan fingerprint density at radius 3 is 2.83 bits per heavy atom. The molecule has 1 nitrogen and oxygen atoms in total. The van der Waals surface area contributed by atoms with Crippen molar-refractivity contribution >= 4 is 5.78 Å². The maximum atomic E-state index is 11.3. The van der Waals surface area contributed by atoms with Crippen LogP contribution in [-0.4, -0.2) is 5.78 Å². The Kier molecular flexibility index (Phi) is 2.51. The van der Waals surface area contributed by atoms with Crippen molar-refractivity contribution in [2.75, 3.05) is 0 Å². The van der Waals surface area contributed by atoms with Gasteiger partial charge in [-0.05, 0) is 36.3 Å². The Bertz CT molecular complexity index is 233. The van der Waals surface area contributed by atoms with E-state index in [1.165, 1.54) is 12.5 Å². The third kappa shape index (κ3) is 2.07. The van der Waals surface area contributed by atoms with Crippen LogP contribution < -0.4 is 0 Å². The fourth-order valence-electron chi connectivity index (χ4n) is 1.63. The molecule has 0 spiro atoms. The third-order valence-corrected chi connectivity index (χ3v) is 2.38. The van der Waals surface area contributed by atoms with E-state index in [4.69, 9.17) is 0 Å². The molecule has 12 heavy (non-hydrogen) atoms. The molecule has 0 saturated heterocycles. The fourth-order valence-corrected chi connectivity index (χ4v) is 1.63. The van der Waals surface area contributed by atoms with E-state index >= 15 is 0 Å². The number of carbonyl (C=O) groups excluding carboxylic acids is 1. The first-order chi connectivity index (χ1) is 5.55. The zero-order valence-electron chi connectivity index (χ0n) is 7.89. The maximum Gasteiger partial charge on any atom is 0.180 e. The van der Waals surface area contributed by atoms with Crippen LogP contribution in [-0.2, 0) is 4.79 Å². The summed E-state index contributed by atoms with van der Waals surface area (Å²) in [6.07, 6.45) is 6.57. The first-order valence-electron chi connectivity index (χ1n) is 4.41. The second kappa shape index (κ2) is 3.26. The molecule has 66 valence electrons. The lowest BCUT2D eigenvalue weighted by molar-refractivity contribution is -0.111. The van der Waals surface area contributed by atoms with Crippen LogP contribution in [0, 0.1) is 5.41 Å². The summed E-state index contributed by atoms with van der Waals surface area (Å²) >= 11 is 0. The van der Waals surface area contributed by atoms with Gasteiger partial charge >= 0.3 is 0 Å². The highest BCUT2D eigenvalue weighted by atomic mass is 16.1. The summed E-state index contributed by atoms with van der Waals surface area (Å²) in [5, 5.41) is 0. The molecular weight excluding hydrogens is 148 g/mol. The van der Waals surface area contributed by atoms with E-state index in [9.17, 15) is 4.79 Å². The second-order valence-corrected chi connectivity index (χ2v) is 4.18. The molecule has 0 aromatic rings. The summed E-state index contributed by atoms with van der Waals surface area (Å²) in [4.78, 5) is 11.3. The highest BCUT2D eigenvalue weighted by Gasteiger charge is 2.24. The predicted molar refractivity (Wildman–Crippen MR) is 50.9 cm³/mol. The van der Waals surface area contributed by atoms with Crippen molar-refractivity contribution in [3.05, 3.63) is 24.3 Å². The lowest BCUT2D eigenvalue weighted by Gasteiger charge is -2.28. The van der Waals surface area contributed by atoms with Gasteiger partial charge < -0.3 is 0 Å². The molecular formula is C11H16O. The maximum absolute atomic E-state index is 11.3. The fraction of sp³-hybridized carbons (Fsp3) is 0.545. The molecule has 0 aromatic heterocycles. The van der Waals surface area contributed by atoms with Crippen LogP contribution in [0.3, 0.4) is 0 Å². The zero-order valence-corrected chi connectivity index (χ0v) is 7.89. The van der Waals surface area contributed by atoms with Gasteiger partial charge in [0.2, 0.25) is 0 Å². The molecule has 0 N–H and O–H groups in total. The summed E-state index contributed by atoms with van der Waals surface area (Å²) in [6.45, 7) is 7.90. The number of allylic oxidation sites excluding steroid dienone is 3. The average molecular weight is 164 g/mol. The van der Waals surface area contributed by atoms with E-state index in [1.807, 2.05) is 0 Å². The largest absolute Gasteiger partial charge is 0.290 e. The molecule has 1 aliphatic rings. The molecule has 0 heterocycles. The molecule has 0 fully saturated rings. The van der Waals surface area contributed by atoms with Crippen molar-refractivity contribution in [2.45, 2.75) is 33.1 Å². The van der Waals surface area contributed by atoms with Crippen LogP contribution in [0.25, 0.3) is 0 Å². The predicted octanol–water partition coefficient (Wildman–Crippen LogP) is 2.88. The normalized spacial score (nSPS) is 21.3. The molecule has 1 heteroatoms. The lowest BCUT2D eigenvalue weighted by Crippen LogP contribution is -2.18. The summed E-state index contributed by atoms with van der Waals surface area (Å²) in [5.74, 6) is 0.0998. The van der Waals surface area contributed by atoms with Gasteiger partial charge in [0.1, 0.15) is 0 Å². The SMILES string of the molecule is C=CC(=O)C1=CCCC(C)(C)C1. The summed E-state index contributed by atoms with van der Waals surface area (Å²) < 4.78 is 0. The van der Waals surface area contributed by atoms with Crippen molar-refractivity contribution in [3.63, 3.8) is 0 Å². The molecule has 0 unspecified atom stereocenters. The Hall–Kier alpha value is -0.850. The van der Waals surface area contributed by atoms with Gasteiger partial charge in [0.25, 0.3) is 0 Å². The Labute approximate surface area is 74.2 Å². The van der Waals surface area contributed by atoms with Gasteiger partial charge in [0, 0.05) is 0 Å². The molecule has 0 bridgehead atoms. The topological polar surface area (TPSA) is 17.1 Å². The molecule has 0 aliphatic heterocycles. The molecule has 0 atom stereocenters. The summed E-state index contributed by atoms with van der Waals surface area (Å²) in [5.41, 5.74) is 1.24. The molecule has 0 amide bonds. The van der Waals surface area contributed by atoms with Crippen LogP contribution in [0.15, 0.2) is 24.3 Å². The van der Waals surface area contributed by atoms with Crippen LogP contribution in [0.2, 0.25) is 0 Å². The van der Waals surface area contributed by atoms with Gasteiger partial charge in [0.05, 0.1) is 0 Å².